The maximum Gasteiger partial charge on any atom is 0.0964 e. The van der Waals surface area contributed by atoms with Crippen molar-refractivity contribution in [3.63, 3.8) is 0 Å². The highest BCUT2D eigenvalue weighted by molar-refractivity contribution is 4.92. The third kappa shape index (κ3) is 5.30. The van der Waals surface area contributed by atoms with Crippen LogP contribution in [0.2, 0.25) is 0 Å². The molecule has 0 aromatic carbocycles. The number of rotatable bonds is 8. The molecule has 1 aromatic heterocycles. The van der Waals surface area contributed by atoms with E-state index in [1.165, 1.54) is 0 Å². The van der Waals surface area contributed by atoms with Gasteiger partial charge in [-0.05, 0) is 6.54 Å². The lowest BCUT2D eigenvalue weighted by Crippen LogP contribution is -2.27. The lowest BCUT2D eigenvalue weighted by Gasteiger charge is -2.16. The Hall–Kier alpha value is -1.38. The molecule has 0 bridgehead atoms. The van der Waals surface area contributed by atoms with E-state index < -0.39 is 0 Å². The Kier molecular flexibility index (Phi) is 6.40. The van der Waals surface area contributed by atoms with Crippen molar-refractivity contribution >= 4 is 0 Å². The van der Waals surface area contributed by atoms with Gasteiger partial charge in [-0.3, -0.25) is 9.58 Å². The summed E-state index contributed by atoms with van der Waals surface area (Å²) < 4.78 is 1.87. The van der Waals surface area contributed by atoms with Crippen molar-refractivity contribution < 1.29 is 0 Å². The standard InChI is InChI=1S/C13H23N5/c1-5-7-17(6-2)8-9-18-11-13(15-16-18)10-14-12(3)4/h1,11-12,14H,6-10H2,2-4H3. The second-order valence-corrected chi connectivity index (χ2v) is 4.58. The number of hydrogen-bond acceptors (Lipinski definition) is 4. The molecule has 0 aliphatic heterocycles. The predicted octanol–water partition coefficient (Wildman–Crippen LogP) is 0.731. The van der Waals surface area contributed by atoms with Gasteiger partial charge in [0.05, 0.1) is 18.8 Å². The Bertz CT molecular complexity index is 377. The first kappa shape index (κ1) is 14.7. The van der Waals surface area contributed by atoms with Crippen LogP contribution >= 0.6 is 0 Å². The second-order valence-electron chi connectivity index (χ2n) is 4.58. The van der Waals surface area contributed by atoms with E-state index in [4.69, 9.17) is 6.42 Å². The number of hydrogen-bond donors (Lipinski definition) is 1. The first-order chi connectivity index (χ1) is 8.65. The number of terminal acetylenes is 1. The summed E-state index contributed by atoms with van der Waals surface area (Å²) in [7, 11) is 0. The van der Waals surface area contributed by atoms with Gasteiger partial charge in [0.2, 0.25) is 0 Å². The molecule has 1 aromatic rings. The smallest absolute Gasteiger partial charge is 0.0964 e. The van der Waals surface area contributed by atoms with Gasteiger partial charge < -0.3 is 5.32 Å². The molecule has 5 nitrogen and oxygen atoms in total. The van der Waals surface area contributed by atoms with Crippen LogP contribution < -0.4 is 5.32 Å². The molecular weight excluding hydrogens is 226 g/mol. The van der Waals surface area contributed by atoms with E-state index in [-0.39, 0.29) is 0 Å². The Morgan fingerprint density at radius 1 is 1.56 bits per heavy atom. The average Bonchev–Trinajstić information content (AvgIpc) is 2.80. The zero-order chi connectivity index (χ0) is 13.4. The monoisotopic (exact) mass is 249 g/mol. The van der Waals surface area contributed by atoms with E-state index in [2.05, 4.69) is 47.2 Å². The van der Waals surface area contributed by atoms with Gasteiger partial charge in [0.25, 0.3) is 0 Å². The quantitative estimate of drug-likeness (QED) is 0.690. The van der Waals surface area contributed by atoms with Gasteiger partial charge in [0.15, 0.2) is 0 Å². The largest absolute Gasteiger partial charge is 0.309 e. The minimum Gasteiger partial charge on any atom is -0.309 e. The highest BCUT2D eigenvalue weighted by atomic mass is 15.4. The Morgan fingerprint density at radius 3 is 2.94 bits per heavy atom. The number of likely N-dealkylation sites (N-methyl/N-ethyl adjacent to an activating group) is 1. The molecule has 0 saturated carbocycles. The zero-order valence-corrected chi connectivity index (χ0v) is 11.6. The first-order valence-electron chi connectivity index (χ1n) is 6.44. The molecule has 5 heteroatoms. The summed E-state index contributed by atoms with van der Waals surface area (Å²) >= 11 is 0. The van der Waals surface area contributed by atoms with Crippen molar-refractivity contribution in [3.8, 4) is 12.3 Å². The van der Waals surface area contributed by atoms with Crippen molar-refractivity contribution in [2.45, 2.75) is 39.9 Å². The summed E-state index contributed by atoms with van der Waals surface area (Å²) in [4.78, 5) is 2.20. The molecule has 0 saturated heterocycles. The highest BCUT2D eigenvalue weighted by Crippen LogP contribution is 1.95. The molecular formula is C13H23N5. The Morgan fingerprint density at radius 2 is 2.33 bits per heavy atom. The van der Waals surface area contributed by atoms with Crippen LogP contribution in [-0.2, 0) is 13.1 Å². The van der Waals surface area contributed by atoms with Crippen LogP contribution in [0.1, 0.15) is 26.5 Å². The number of nitrogens with one attached hydrogen (secondary N) is 1. The maximum absolute atomic E-state index is 5.31. The van der Waals surface area contributed by atoms with Crippen molar-refractivity contribution in [1.82, 2.24) is 25.2 Å². The molecule has 0 unspecified atom stereocenters. The van der Waals surface area contributed by atoms with Gasteiger partial charge in [0, 0.05) is 25.3 Å². The second kappa shape index (κ2) is 7.85. The minimum atomic E-state index is 0.460. The summed E-state index contributed by atoms with van der Waals surface area (Å²) in [5.74, 6) is 2.66. The Balaban J connectivity index is 2.37. The normalized spacial score (nSPS) is 11.1. The summed E-state index contributed by atoms with van der Waals surface area (Å²) in [6.07, 6.45) is 7.30. The predicted molar refractivity (Wildman–Crippen MR) is 72.9 cm³/mol. The highest BCUT2D eigenvalue weighted by Gasteiger charge is 2.04. The van der Waals surface area contributed by atoms with Gasteiger partial charge in [0.1, 0.15) is 0 Å². The molecule has 1 rings (SSSR count). The van der Waals surface area contributed by atoms with Crippen LogP contribution in [0, 0.1) is 12.3 Å². The third-order valence-corrected chi connectivity index (χ3v) is 2.68. The fourth-order valence-corrected chi connectivity index (χ4v) is 1.56. The zero-order valence-electron chi connectivity index (χ0n) is 11.6. The molecule has 0 aliphatic rings. The van der Waals surface area contributed by atoms with Gasteiger partial charge in [-0.2, -0.15) is 0 Å². The molecule has 1 heterocycles. The molecule has 0 fully saturated rings. The number of nitrogens with zero attached hydrogens (tertiary/aromatic N) is 4. The molecule has 0 amide bonds. The first-order valence-corrected chi connectivity index (χ1v) is 6.44. The Labute approximate surface area is 110 Å². The van der Waals surface area contributed by atoms with Gasteiger partial charge in [-0.1, -0.05) is 31.9 Å². The van der Waals surface area contributed by atoms with Crippen LogP contribution in [0.5, 0.6) is 0 Å². The summed E-state index contributed by atoms with van der Waals surface area (Å²) in [5.41, 5.74) is 0.976. The van der Waals surface area contributed by atoms with E-state index >= 15 is 0 Å². The minimum absolute atomic E-state index is 0.460. The topological polar surface area (TPSA) is 46.0 Å². The molecule has 1 N–H and O–H groups in total. The van der Waals surface area contributed by atoms with Gasteiger partial charge in [-0.15, -0.1) is 11.5 Å². The SMILES string of the molecule is C#CCN(CC)CCn1cc(CNC(C)C)nn1. The molecule has 0 spiro atoms. The van der Waals surface area contributed by atoms with Crippen LogP contribution in [-0.4, -0.2) is 45.6 Å². The number of aromatic nitrogens is 3. The lowest BCUT2D eigenvalue weighted by molar-refractivity contribution is 0.301. The van der Waals surface area contributed by atoms with Crippen molar-refractivity contribution in [2.24, 2.45) is 0 Å². The molecule has 100 valence electrons. The molecule has 18 heavy (non-hydrogen) atoms. The molecule has 0 atom stereocenters. The van der Waals surface area contributed by atoms with Crippen LogP contribution in [0.3, 0.4) is 0 Å². The lowest BCUT2D eigenvalue weighted by atomic mass is 10.3. The molecule has 0 aliphatic carbocycles. The van der Waals surface area contributed by atoms with Crippen molar-refractivity contribution in [1.29, 1.82) is 0 Å². The van der Waals surface area contributed by atoms with Crippen molar-refractivity contribution in [3.05, 3.63) is 11.9 Å². The molecule has 0 radical (unpaired) electrons. The van der Waals surface area contributed by atoms with E-state index in [0.717, 1.165) is 31.9 Å². The van der Waals surface area contributed by atoms with E-state index in [1.54, 1.807) is 0 Å². The van der Waals surface area contributed by atoms with E-state index in [1.807, 2.05) is 10.9 Å². The maximum atomic E-state index is 5.31. The van der Waals surface area contributed by atoms with Crippen LogP contribution in [0.4, 0.5) is 0 Å². The fraction of sp³-hybridized carbons (Fsp3) is 0.692. The third-order valence-electron chi connectivity index (χ3n) is 2.68. The van der Waals surface area contributed by atoms with Crippen LogP contribution in [0.25, 0.3) is 0 Å². The van der Waals surface area contributed by atoms with E-state index in [9.17, 15) is 0 Å². The van der Waals surface area contributed by atoms with Gasteiger partial charge >= 0.3 is 0 Å². The summed E-state index contributed by atoms with van der Waals surface area (Å²) in [5, 5.41) is 11.6. The summed E-state index contributed by atoms with van der Waals surface area (Å²) in [6, 6.07) is 0.460. The van der Waals surface area contributed by atoms with Crippen molar-refractivity contribution in [2.75, 3.05) is 19.6 Å². The van der Waals surface area contributed by atoms with Gasteiger partial charge in [-0.25, -0.2) is 0 Å². The fourth-order valence-electron chi connectivity index (χ4n) is 1.56. The van der Waals surface area contributed by atoms with Crippen LogP contribution in [0.15, 0.2) is 6.20 Å². The summed E-state index contributed by atoms with van der Waals surface area (Å²) in [6.45, 7) is 10.5. The average molecular weight is 249 g/mol. The van der Waals surface area contributed by atoms with E-state index in [0.29, 0.717) is 12.6 Å².